The molecule has 0 spiro atoms. The van der Waals surface area contributed by atoms with Crippen LogP contribution in [0.3, 0.4) is 0 Å². The highest BCUT2D eigenvalue weighted by Crippen LogP contribution is 2.38. The molecule has 0 N–H and O–H groups in total. The lowest BCUT2D eigenvalue weighted by atomic mass is 10.1. The largest absolute Gasteiger partial charge is 0.493 e. The van der Waals surface area contributed by atoms with Gasteiger partial charge in [0.2, 0.25) is 5.75 Å². The first kappa shape index (κ1) is 25.7. The van der Waals surface area contributed by atoms with Crippen molar-refractivity contribution in [3.05, 3.63) is 59.7 Å². The van der Waals surface area contributed by atoms with Crippen molar-refractivity contribution in [1.82, 2.24) is 9.80 Å². The van der Waals surface area contributed by atoms with E-state index in [1.165, 1.54) is 5.56 Å². The number of halogens is 1. The summed E-state index contributed by atoms with van der Waals surface area (Å²) in [7, 11) is 4.73. The van der Waals surface area contributed by atoms with Crippen LogP contribution in [0.2, 0.25) is 0 Å². The van der Waals surface area contributed by atoms with Gasteiger partial charge in [-0.05, 0) is 29.3 Å². The molecule has 6 nitrogen and oxygen atoms in total. The molecule has 0 unspecified atom stereocenters. The number of carbonyl (C=O) groups excluding carboxylic acids is 1. The van der Waals surface area contributed by atoms with Crippen molar-refractivity contribution in [1.29, 1.82) is 0 Å². The number of hydrogen-bond donors (Lipinski definition) is 0. The fraction of sp³-hybridized carbons (Fsp3) is 0.400. The number of rotatable bonds is 10. The monoisotopic (exact) mass is 460 g/mol. The van der Waals surface area contributed by atoms with E-state index in [4.69, 9.17) is 14.2 Å². The Morgan fingerprint density at radius 2 is 1.50 bits per heavy atom. The fourth-order valence-corrected chi connectivity index (χ4v) is 3.75. The molecular formula is C25H33ClN2O4. The van der Waals surface area contributed by atoms with Crippen LogP contribution >= 0.6 is 12.4 Å². The number of ketones is 1. The smallest absolute Gasteiger partial charge is 0.203 e. The molecule has 1 fully saturated rings. The van der Waals surface area contributed by atoms with Gasteiger partial charge in [-0.2, -0.15) is 0 Å². The van der Waals surface area contributed by atoms with Crippen molar-refractivity contribution in [2.24, 2.45) is 0 Å². The van der Waals surface area contributed by atoms with E-state index in [9.17, 15) is 4.79 Å². The zero-order valence-corrected chi connectivity index (χ0v) is 19.9. The Labute approximate surface area is 197 Å². The Bertz CT molecular complexity index is 856. The SMILES string of the molecule is COc1cc(C=CC(=O)CCN2CCN(Cc3ccccc3)CC2)cc(OC)c1OC.Cl. The van der Waals surface area contributed by atoms with Gasteiger partial charge in [-0.15, -0.1) is 12.4 Å². The van der Waals surface area contributed by atoms with Crippen molar-refractivity contribution in [3.8, 4) is 17.2 Å². The number of benzene rings is 2. The molecule has 0 radical (unpaired) electrons. The highest BCUT2D eigenvalue weighted by molar-refractivity contribution is 5.93. The van der Waals surface area contributed by atoms with Gasteiger partial charge >= 0.3 is 0 Å². The van der Waals surface area contributed by atoms with Crippen LogP contribution in [0, 0.1) is 0 Å². The number of nitrogens with zero attached hydrogens (tertiary/aromatic N) is 2. The minimum absolute atomic E-state index is 0. The van der Waals surface area contributed by atoms with E-state index in [2.05, 4.69) is 40.1 Å². The average molecular weight is 461 g/mol. The fourth-order valence-electron chi connectivity index (χ4n) is 3.75. The Balaban J connectivity index is 0.00000363. The van der Waals surface area contributed by atoms with Crippen LogP contribution in [0.5, 0.6) is 17.2 Å². The topological polar surface area (TPSA) is 51.2 Å². The first-order valence-corrected chi connectivity index (χ1v) is 10.6. The van der Waals surface area contributed by atoms with Gasteiger partial charge in [0.1, 0.15) is 0 Å². The predicted molar refractivity (Wildman–Crippen MR) is 130 cm³/mol. The number of carbonyl (C=O) groups is 1. The maximum atomic E-state index is 12.4. The van der Waals surface area contributed by atoms with Crippen molar-refractivity contribution < 1.29 is 19.0 Å². The molecule has 32 heavy (non-hydrogen) atoms. The normalized spacial score (nSPS) is 14.7. The number of piperazine rings is 1. The molecule has 0 atom stereocenters. The van der Waals surface area contributed by atoms with E-state index in [1.807, 2.05) is 12.1 Å². The van der Waals surface area contributed by atoms with Gasteiger partial charge in [0.25, 0.3) is 0 Å². The predicted octanol–water partition coefficient (Wildman–Crippen LogP) is 3.92. The van der Waals surface area contributed by atoms with Gasteiger partial charge in [-0.3, -0.25) is 9.69 Å². The number of methoxy groups -OCH3 is 3. The number of ether oxygens (including phenoxy) is 3. The number of hydrogen-bond acceptors (Lipinski definition) is 6. The Morgan fingerprint density at radius 1 is 0.906 bits per heavy atom. The van der Waals surface area contributed by atoms with Crippen LogP contribution in [-0.2, 0) is 11.3 Å². The van der Waals surface area contributed by atoms with Crippen LogP contribution in [0.25, 0.3) is 6.08 Å². The zero-order valence-electron chi connectivity index (χ0n) is 19.1. The summed E-state index contributed by atoms with van der Waals surface area (Å²) in [6, 6.07) is 14.2. The Kier molecular flexibility index (Phi) is 10.5. The molecule has 1 saturated heterocycles. The second-order valence-corrected chi connectivity index (χ2v) is 7.61. The molecule has 0 aliphatic carbocycles. The number of allylic oxidation sites excluding steroid dienone is 1. The van der Waals surface area contributed by atoms with E-state index < -0.39 is 0 Å². The molecule has 2 aromatic carbocycles. The molecule has 1 aliphatic rings. The Hall–Kier alpha value is -2.54. The third-order valence-corrected chi connectivity index (χ3v) is 5.54. The van der Waals surface area contributed by atoms with Crippen LogP contribution in [0.1, 0.15) is 17.5 Å². The lowest BCUT2D eigenvalue weighted by Crippen LogP contribution is -2.46. The van der Waals surface area contributed by atoms with Crippen LogP contribution in [-0.4, -0.2) is 69.6 Å². The summed E-state index contributed by atoms with van der Waals surface area (Å²) < 4.78 is 16.1. The third-order valence-electron chi connectivity index (χ3n) is 5.54. The van der Waals surface area contributed by atoms with Gasteiger partial charge in [0.15, 0.2) is 17.3 Å². The third kappa shape index (κ3) is 7.26. The van der Waals surface area contributed by atoms with Crippen LogP contribution in [0.15, 0.2) is 48.5 Å². The zero-order chi connectivity index (χ0) is 22.1. The Morgan fingerprint density at radius 3 is 2.06 bits per heavy atom. The lowest BCUT2D eigenvalue weighted by molar-refractivity contribution is -0.114. The average Bonchev–Trinajstić information content (AvgIpc) is 2.82. The van der Waals surface area contributed by atoms with Gasteiger partial charge in [0, 0.05) is 45.7 Å². The standard InChI is InChI=1S/C25H32N2O4.ClH/c1-29-23-17-21(18-24(30-2)25(23)31-3)9-10-22(28)11-12-26-13-15-27(16-14-26)19-20-7-5-4-6-8-20;/h4-10,17-18H,11-16,19H2,1-3H3;1H. The molecular weight excluding hydrogens is 428 g/mol. The summed E-state index contributed by atoms with van der Waals surface area (Å²) in [5.41, 5.74) is 2.18. The van der Waals surface area contributed by atoms with Crippen LogP contribution in [0.4, 0.5) is 0 Å². The minimum atomic E-state index is 0. The highest BCUT2D eigenvalue weighted by Gasteiger charge is 2.17. The molecule has 0 aromatic heterocycles. The van der Waals surface area contributed by atoms with E-state index in [0.29, 0.717) is 23.7 Å². The second kappa shape index (κ2) is 13.1. The molecule has 1 heterocycles. The summed E-state index contributed by atoms with van der Waals surface area (Å²) in [6.45, 7) is 5.84. The second-order valence-electron chi connectivity index (χ2n) is 7.61. The molecule has 0 saturated carbocycles. The van der Waals surface area contributed by atoms with E-state index >= 15 is 0 Å². The summed E-state index contributed by atoms with van der Waals surface area (Å²) in [5, 5.41) is 0. The minimum Gasteiger partial charge on any atom is -0.493 e. The maximum absolute atomic E-state index is 12.4. The molecule has 7 heteroatoms. The van der Waals surface area contributed by atoms with Crippen molar-refractivity contribution in [2.75, 3.05) is 54.1 Å². The molecule has 2 aromatic rings. The maximum Gasteiger partial charge on any atom is 0.203 e. The first-order valence-electron chi connectivity index (χ1n) is 10.6. The first-order chi connectivity index (χ1) is 15.1. The lowest BCUT2D eigenvalue weighted by Gasteiger charge is -2.34. The van der Waals surface area contributed by atoms with Crippen molar-refractivity contribution in [3.63, 3.8) is 0 Å². The van der Waals surface area contributed by atoms with Crippen molar-refractivity contribution in [2.45, 2.75) is 13.0 Å². The van der Waals surface area contributed by atoms with Crippen molar-refractivity contribution >= 4 is 24.3 Å². The quantitative estimate of drug-likeness (QED) is 0.501. The van der Waals surface area contributed by atoms with Gasteiger partial charge in [-0.1, -0.05) is 36.4 Å². The van der Waals surface area contributed by atoms with E-state index in [-0.39, 0.29) is 18.2 Å². The molecule has 3 rings (SSSR count). The molecule has 0 amide bonds. The molecule has 174 valence electrons. The van der Waals surface area contributed by atoms with E-state index in [0.717, 1.165) is 44.8 Å². The summed E-state index contributed by atoms with van der Waals surface area (Å²) in [6.07, 6.45) is 3.94. The summed E-state index contributed by atoms with van der Waals surface area (Å²) >= 11 is 0. The van der Waals surface area contributed by atoms with Gasteiger partial charge in [0.05, 0.1) is 21.3 Å². The van der Waals surface area contributed by atoms with Crippen LogP contribution < -0.4 is 14.2 Å². The molecule has 1 aliphatic heterocycles. The molecule has 0 bridgehead atoms. The van der Waals surface area contributed by atoms with Gasteiger partial charge in [-0.25, -0.2) is 0 Å². The highest BCUT2D eigenvalue weighted by atomic mass is 35.5. The summed E-state index contributed by atoms with van der Waals surface area (Å²) in [5.74, 6) is 1.80. The summed E-state index contributed by atoms with van der Waals surface area (Å²) in [4.78, 5) is 17.2. The van der Waals surface area contributed by atoms with E-state index in [1.54, 1.807) is 33.5 Å². The van der Waals surface area contributed by atoms with Gasteiger partial charge < -0.3 is 19.1 Å².